The van der Waals surface area contributed by atoms with E-state index < -0.39 is 0 Å². The molecule has 4 heteroatoms. The van der Waals surface area contributed by atoms with Gasteiger partial charge in [-0.2, -0.15) is 0 Å². The van der Waals surface area contributed by atoms with Crippen LogP contribution in [0.5, 0.6) is 0 Å². The molecule has 1 aromatic rings. The lowest BCUT2D eigenvalue weighted by atomic mass is 10.1. The third kappa shape index (κ3) is 4.48. The summed E-state index contributed by atoms with van der Waals surface area (Å²) in [5.74, 6) is 1.16. The number of nitrogens with zero attached hydrogens (tertiary/aromatic N) is 2. The predicted octanol–water partition coefficient (Wildman–Crippen LogP) is 1.85. The second-order valence-corrected chi connectivity index (χ2v) is 4.51. The smallest absolute Gasteiger partial charge is 0.110 e. The van der Waals surface area contributed by atoms with Crippen LogP contribution >= 0.6 is 0 Å². The number of likely N-dealkylation sites (N-methyl/N-ethyl adjacent to an activating group) is 1. The maximum atomic E-state index is 5.31. The van der Waals surface area contributed by atoms with Crippen molar-refractivity contribution in [1.82, 2.24) is 14.9 Å². The van der Waals surface area contributed by atoms with E-state index in [2.05, 4.69) is 34.9 Å². The van der Waals surface area contributed by atoms with Gasteiger partial charge in [-0.15, -0.1) is 0 Å². The number of ether oxygens (including phenoxy) is 1. The number of nitrogens with one attached hydrogen (secondary N) is 1. The van der Waals surface area contributed by atoms with Gasteiger partial charge in [-0.25, -0.2) is 4.98 Å². The highest BCUT2D eigenvalue weighted by molar-refractivity contribution is 4.95. The van der Waals surface area contributed by atoms with E-state index in [1.807, 2.05) is 13.2 Å². The summed E-state index contributed by atoms with van der Waals surface area (Å²) < 4.78 is 7.55. The normalized spacial score (nSPS) is 14.8. The van der Waals surface area contributed by atoms with E-state index in [9.17, 15) is 0 Å². The molecule has 0 saturated heterocycles. The highest BCUT2D eigenvalue weighted by Gasteiger charge is 2.14. The molecule has 0 saturated carbocycles. The van der Waals surface area contributed by atoms with Crippen molar-refractivity contribution in [3.63, 3.8) is 0 Å². The van der Waals surface area contributed by atoms with Crippen molar-refractivity contribution in [2.24, 2.45) is 0 Å². The molecule has 4 nitrogen and oxygen atoms in total. The minimum Gasteiger partial charge on any atom is -0.382 e. The van der Waals surface area contributed by atoms with E-state index in [0.29, 0.717) is 6.04 Å². The van der Waals surface area contributed by atoms with E-state index >= 15 is 0 Å². The zero-order chi connectivity index (χ0) is 12.7. The van der Waals surface area contributed by atoms with Crippen molar-refractivity contribution in [3.8, 4) is 0 Å². The molecule has 0 aliphatic heterocycles. The van der Waals surface area contributed by atoms with Crippen LogP contribution in [0, 0.1) is 0 Å². The summed E-state index contributed by atoms with van der Waals surface area (Å²) in [6.45, 7) is 5.33. The monoisotopic (exact) mass is 239 g/mol. The molecule has 0 fully saturated rings. The Hall–Kier alpha value is -0.870. The summed E-state index contributed by atoms with van der Waals surface area (Å²) in [4.78, 5) is 4.44. The van der Waals surface area contributed by atoms with Crippen LogP contribution in [0.2, 0.25) is 0 Å². The minimum absolute atomic E-state index is 0.280. The van der Waals surface area contributed by atoms with Gasteiger partial charge in [0.05, 0.1) is 6.10 Å². The van der Waals surface area contributed by atoms with E-state index in [0.717, 1.165) is 31.6 Å². The quantitative estimate of drug-likeness (QED) is 0.752. The van der Waals surface area contributed by atoms with Gasteiger partial charge in [-0.3, -0.25) is 0 Å². The Bertz CT molecular complexity index is 311. The third-order valence-corrected chi connectivity index (χ3v) is 3.12. The van der Waals surface area contributed by atoms with Crippen LogP contribution in [0.4, 0.5) is 0 Å². The van der Waals surface area contributed by atoms with E-state index in [1.54, 1.807) is 7.11 Å². The lowest BCUT2D eigenvalue weighted by Crippen LogP contribution is -2.32. The standard InChI is InChI=1S/C13H25N3O/c1-5-7-16-8-6-15-13(16)10-12(14-3)9-11(2)17-4/h6,8,11-12,14H,5,7,9-10H2,1-4H3. The average molecular weight is 239 g/mol. The van der Waals surface area contributed by atoms with E-state index in [4.69, 9.17) is 4.74 Å². The molecule has 1 aromatic heterocycles. The molecule has 0 aliphatic carbocycles. The topological polar surface area (TPSA) is 39.1 Å². The number of aryl methyl sites for hydroxylation is 1. The lowest BCUT2D eigenvalue weighted by Gasteiger charge is -2.20. The first-order valence-corrected chi connectivity index (χ1v) is 6.41. The van der Waals surface area contributed by atoms with Crippen molar-refractivity contribution in [2.75, 3.05) is 14.2 Å². The first kappa shape index (κ1) is 14.2. The molecule has 0 spiro atoms. The zero-order valence-electron chi connectivity index (χ0n) is 11.4. The van der Waals surface area contributed by atoms with Gasteiger partial charge in [0.25, 0.3) is 0 Å². The van der Waals surface area contributed by atoms with Crippen LogP contribution in [-0.2, 0) is 17.7 Å². The van der Waals surface area contributed by atoms with Crippen LogP contribution in [0.15, 0.2) is 12.4 Å². The molecule has 0 amide bonds. The van der Waals surface area contributed by atoms with Crippen LogP contribution in [0.3, 0.4) is 0 Å². The van der Waals surface area contributed by atoms with Crippen LogP contribution in [-0.4, -0.2) is 35.9 Å². The first-order valence-electron chi connectivity index (χ1n) is 6.41. The highest BCUT2D eigenvalue weighted by Crippen LogP contribution is 2.08. The van der Waals surface area contributed by atoms with Crippen molar-refractivity contribution < 1.29 is 4.74 Å². The van der Waals surface area contributed by atoms with Gasteiger partial charge < -0.3 is 14.6 Å². The van der Waals surface area contributed by atoms with Gasteiger partial charge in [0.2, 0.25) is 0 Å². The number of rotatable bonds is 8. The number of imidazole rings is 1. The maximum absolute atomic E-state index is 5.31. The fraction of sp³-hybridized carbons (Fsp3) is 0.769. The Kier molecular flexibility index (Phi) is 6.22. The number of methoxy groups -OCH3 is 1. The molecular formula is C13H25N3O. The molecule has 0 bridgehead atoms. The Morgan fingerprint density at radius 3 is 2.88 bits per heavy atom. The lowest BCUT2D eigenvalue weighted by molar-refractivity contribution is 0.101. The molecule has 0 radical (unpaired) electrons. The molecule has 1 N–H and O–H groups in total. The van der Waals surface area contributed by atoms with Gasteiger partial charge >= 0.3 is 0 Å². The summed E-state index contributed by atoms with van der Waals surface area (Å²) in [5.41, 5.74) is 0. The largest absolute Gasteiger partial charge is 0.382 e. The van der Waals surface area contributed by atoms with E-state index in [1.165, 1.54) is 0 Å². The average Bonchev–Trinajstić information content (AvgIpc) is 2.76. The molecule has 2 unspecified atom stereocenters. The highest BCUT2D eigenvalue weighted by atomic mass is 16.5. The molecular weight excluding hydrogens is 214 g/mol. The van der Waals surface area contributed by atoms with Gasteiger partial charge in [0.15, 0.2) is 0 Å². The predicted molar refractivity (Wildman–Crippen MR) is 70.2 cm³/mol. The summed E-state index contributed by atoms with van der Waals surface area (Å²) >= 11 is 0. The maximum Gasteiger partial charge on any atom is 0.110 e. The first-order chi connectivity index (χ1) is 8.21. The molecule has 1 heterocycles. The Morgan fingerprint density at radius 2 is 2.29 bits per heavy atom. The van der Waals surface area contributed by atoms with Crippen LogP contribution in [0.1, 0.15) is 32.5 Å². The molecule has 0 aliphatic rings. The molecule has 98 valence electrons. The summed E-state index contributed by atoms with van der Waals surface area (Å²) in [5, 5.41) is 3.34. The minimum atomic E-state index is 0.280. The Balaban J connectivity index is 2.57. The van der Waals surface area contributed by atoms with Crippen molar-refractivity contribution >= 4 is 0 Å². The number of hydrogen-bond donors (Lipinski definition) is 1. The Morgan fingerprint density at radius 1 is 1.53 bits per heavy atom. The van der Waals surface area contributed by atoms with E-state index in [-0.39, 0.29) is 6.10 Å². The van der Waals surface area contributed by atoms with Crippen LogP contribution < -0.4 is 5.32 Å². The van der Waals surface area contributed by atoms with Crippen molar-refractivity contribution in [3.05, 3.63) is 18.2 Å². The van der Waals surface area contributed by atoms with Gasteiger partial charge in [-0.05, 0) is 26.8 Å². The van der Waals surface area contributed by atoms with Gasteiger partial charge in [0.1, 0.15) is 5.82 Å². The third-order valence-electron chi connectivity index (χ3n) is 3.12. The molecule has 0 aromatic carbocycles. The van der Waals surface area contributed by atoms with Crippen molar-refractivity contribution in [1.29, 1.82) is 0 Å². The SMILES string of the molecule is CCCn1ccnc1CC(CC(C)OC)NC. The van der Waals surface area contributed by atoms with Crippen molar-refractivity contribution in [2.45, 2.75) is 51.8 Å². The second kappa shape index (κ2) is 7.45. The summed E-state index contributed by atoms with van der Waals surface area (Å²) in [6, 6.07) is 0.419. The zero-order valence-corrected chi connectivity index (χ0v) is 11.4. The fourth-order valence-electron chi connectivity index (χ4n) is 2.00. The molecule has 2 atom stereocenters. The summed E-state index contributed by atoms with van der Waals surface area (Å²) in [7, 11) is 3.76. The van der Waals surface area contributed by atoms with Crippen LogP contribution in [0.25, 0.3) is 0 Å². The molecule has 17 heavy (non-hydrogen) atoms. The second-order valence-electron chi connectivity index (χ2n) is 4.51. The molecule has 1 rings (SSSR count). The van der Waals surface area contributed by atoms with Gasteiger partial charge in [0, 0.05) is 38.5 Å². The fourth-order valence-corrected chi connectivity index (χ4v) is 2.00. The Labute approximate surface area is 104 Å². The van der Waals surface area contributed by atoms with Gasteiger partial charge in [-0.1, -0.05) is 6.92 Å². The number of hydrogen-bond acceptors (Lipinski definition) is 3. The summed E-state index contributed by atoms with van der Waals surface area (Å²) in [6.07, 6.45) is 7.33. The number of aromatic nitrogens is 2.